The van der Waals surface area contributed by atoms with E-state index in [0.717, 1.165) is 5.52 Å². The minimum Gasteiger partial charge on any atom is -0.506 e. The molecule has 0 aliphatic carbocycles. The number of hydrogen-bond donors (Lipinski definition) is 1. The number of aromatic nitrogens is 2. The largest absolute Gasteiger partial charge is 0.506 e. The van der Waals surface area contributed by atoms with Gasteiger partial charge in [-0.25, -0.2) is 4.52 Å². The van der Waals surface area contributed by atoms with Gasteiger partial charge in [-0.15, -0.1) is 0 Å². The van der Waals surface area contributed by atoms with Crippen molar-refractivity contribution in [1.29, 1.82) is 5.26 Å². The fourth-order valence-electron chi connectivity index (χ4n) is 2.68. The first kappa shape index (κ1) is 14.8. The zero-order chi connectivity index (χ0) is 16.6. The molecule has 5 nitrogen and oxygen atoms in total. The van der Waals surface area contributed by atoms with Gasteiger partial charge in [0.05, 0.1) is 22.3 Å². The maximum atomic E-state index is 13.0. The first-order valence-corrected chi connectivity index (χ1v) is 7.31. The number of carbonyl (C=O) groups excluding carboxylic acids is 1. The summed E-state index contributed by atoms with van der Waals surface area (Å²) >= 11 is 0. The molecule has 5 heteroatoms. The maximum absolute atomic E-state index is 13.0. The van der Waals surface area contributed by atoms with Crippen molar-refractivity contribution in [3.05, 3.63) is 64.5 Å². The van der Waals surface area contributed by atoms with Crippen molar-refractivity contribution >= 4 is 11.3 Å². The summed E-state index contributed by atoms with van der Waals surface area (Å²) in [7, 11) is 0. The van der Waals surface area contributed by atoms with Crippen LogP contribution in [0.25, 0.3) is 5.52 Å². The molecule has 0 radical (unpaired) electrons. The number of nitrogens with zero attached hydrogens (tertiary/aromatic N) is 3. The number of aromatic hydroxyl groups is 1. The van der Waals surface area contributed by atoms with E-state index < -0.39 is 0 Å². The highest BCUT2D eigenvalue weighted by Gasteiger charge is 2.21. The number of phenolic OH excluding ortho intramolecular Hbond substituents is 1. The molecular formula is C18H15N3O2. The van der Waals surface area contributed by atoms with Crippen LogP contribution in [0, 0.1) is 18.3 Å². The number of rotatable bonds is 3. The van der Waals surface area contributed by atoms with Gasteiger partial charge in [0.15, 0.2) is 5.78 Å². The molecule has 0 atom stereocenters. The normalized spacial score (nSPS) is 10.7. The Hall–Kier alpha value is -3.13. The van der Waals surface area contributed by atoms with Crippen LogP contribution in [0.1, 0.15) is 39.7 Å². The molecule has 0 fully saturated rings. The summed E-state index contributed by atoms with van der Waals surface area (Å²) in [6.07, 6.45) is 2.43. The molecule has 3 rings (SSSR count). The molecular weight excluding hydrogens is 290 g/mol. The summed E-state index contributed by atoms with van der Waals surface area (Å²) in [6.45, 7) is 3.62. The van der Waals surface area contributed by atoms with Gasteiger partial charge in [-0.05, 0) is 43.2 Å². The SMILES string of the molecule is CCc1nn2ccccc2c1C(=O)c1cc(C)c(O)c(C#N)c1. The van der Waals surface area contributed by atoms with Crippen LogP contribution in [-0.4, -0.2) is 20.5 Å². The number of phenols is 1. The van der Waals surface area contributed by atoms with Crippen LogP contribution in [0.3, 0.4) is 0 Å². The van der Waals surface area contributed by atoms with E-state index in [4.69, 9.17) is 5.26 Å². The van der Waals surface area contributed by atoms with Crippen LogP contribution in [0.2, 0.25) is 0 Å². The molecule has 2 aromatic heterocycles. The molecule has 0 unspecified atom stereocenters. The molecule has 0 bridgehead atoms. The van der Waals surface area contributed by atoms with E-state index in [2.05, 4.69) is 5.10 Å². The first-order chi connectivity index (χ1) is 11.1. The molecule has 2 heterocycles. The minimum absolute atomic E-state index is 0.0837. The van der Waals surface area contributed by atoms with Gasteiger partial charge in [-0.1, -0.05) is 13.0 Å². The Morgan fingerprint density at radius 3 is 2.87 bits per heavy atom. The van der Waals surface area contributed by atoms with Crippen molar-refractivity contribution < 1.29 is 9.90 Å². The molecule has 0 saturated heterocycles. The Kier molecular flexibility index (Phi) is 3.59. The molecule has 3 aromatic rings. The lowest BCUT2D eigenvalue weighted by molar-refractivity contribution is 0.103. The second-order valence-electron chi connectivity index (χ2n) is 5.34. The van der Waals surface area contributed by atoms with Gasteiger partial charge in [0.1, 0.15) is 11.8 Å². The van der Waals surface area contributed by atoms with E-state index in [1.165, 1.54) is 6.07 Å². The van der Waals surface area contributed by atoms with Gasteiger partial charge >= 0.3 is 0 Å². The standard InChI is InChI=1S/C18H15N3O2/c1-3-14-16(15-6-4-5-7-21(15)20-14)18(23)12-8-11(2)17(22)13(9-12)10-19/h4-9,22H,3H2,1-2H3. The predicted molar refractivity (Wildman–Crippen MR) is 85.6 cm³/mol. The van der Waals surface area contributed by atoms with E-state index >= 15 is 0 Å². The Morgan fingerprint density at radius 2 is 2.17 bits per heavy atom. The number of fused-ring (bicyclic) bond motifs is 1. The Labute approximate surface area is 133 Å². The number of hydrogen-bond acceptors (Lipinski definition) is 4. The van der Waals surface area contributed by atoms with Crippen molar-refractivity contribution in [1.82, 2.24) is 9.61 Å². The molecule has 0 spiro atoms. The topological polar surface area (TPSA) is 78.4 Å². The molecule has 1 N–H and O–H groups in total. The van der Waals surface area contributed by atoms with Crippen molar-refractivity contribution in [2.24, 2.45) is 0 Å². The first-order valence-electron chi connectivity index (χ1n) is 7.31. The number of pyridine rings is 1. The minimum atomic E-state index is -0.192. The van der Waals surface area contributed by atoms with E-state index in [0.29, 0.717) is 28.8 Å². The monoisotopic (exact) mass is 305 g/mol. The quantitative estimate of drug-likeness (QED) is 0.754. The maximum Gasteiger partial charge on any atom is 0.197 e. The Morgan fingerprint density at radius 1 is 1.39 bits per heavy atom. The highest BCUT2D eigenvalue weighted by atomic mass is 16.3. The molecule has 0 aliphatic rings. The van der Waals surface area contributed by atoms with Crippen LogP contribution in [0.5, 0.6) is 5.75 Å². The van der Waals surface area contributed by atoms with Crippen molar-refractivity contribution in [2.45, 2.75) is 20.3 Å². The summed E-state index contributed by atoms with van der Waals surface area (Å²) in [4.78, 5) is 13.0. The smallest absolute Gasteiger partial charge is 0.197 e. The van der Waals surface area contributed by atoms with Gasteiger partial charge < -0.3 is 5.11 Å². The molecule has 0 saturated carbocycles. The van der Waals surface area contributed by atoms with E-state index in [1.54, 1.807) is 23.7 Å². The number of benzene rings is 1. The second-order valence-corrected chi connectivity index (χ2v) is 5.34. The van der Waals surface area contributed by atoms with Crippen LogP contribution >= 0.6 is 0 Å². The van der Waals surface area contributed by atoms with Crippen molar-refractivity contribution in [2.75, 3.05) is 0 Å². The predicted octanol–water partition coefficient (Wildman–Crippen LogP) is 3.01. The molecule has 23 heavy (non-hydrogen) atoms. The fraction of sp³-hybridized carbons (Fsp3) is 0.167. The van der Waals surface area contributed by atoms with Gasteiger partial charge in [0.2, 0.25) is 0 Å². The summed E-state index contributed by atoms with van der Waals surface area (Å²) in [6, 6.07) is 10.5. The fourth-order valence-corrected chi connectivity index (χ4v) is 2.68. The summed E-state index contributed by atoms with van der Waals surface area (Å²) in [5.74, 6) is -0.276. The number of nitriles is 1. The van der Waals surface area contributed by atoms with Crippen LogP contribution in [0.15, 0.2) is 36.5 Å². The van der Waals surface area contributed by atoms with Crippen LogP contribution in [0.4, 0.5) is 0 Å². The van der Waals surface area contributed by atoms with E-state index in [-0.39, 0.29) is 17.1 Å². The summed E-state index contributed by atoms with van der Waals surface area (Å²) < 4.78 is 1.69. The van der Waals surface area contributed by atoms with Crippen molar-refractivity contribution in [3.8, 4) is 11.8 Å². The Balaban J connectivity index is 2.22. The van der Waals surface area contributed by atoms with Crippen LogP contribution < -0.4 is 0 Å². The Bertz CT molecular complexity index is 964. The third kappa shape index (κ3) is 2.34. The summed E-state index contributed by atoms with van der Waals surface area (Å²) in [5.41, 5.74) is 2.97. The zero-order valence-electron chi connectivity index (χ0n) is 12.9. The molecule has 114 valence electrons. The van der Waals surface area contributed by atoms with Crippen LogP contribution in [-0.2, 0) is 6.42 Å². The lowest BCUT2D eigenvalue weighted by Gasteiger charge is -2.06. The number of ketones is 1. The summed E-state index contributed by atoms with van der Waals surface area (Å²) in [5, 5.41) is 23.4. The van der Waals surface area contributed by atoms with E-state index in [9.17, 15) is 9.90 Å². The van der Waals surface area contributed by atoms with Gasteiger partial charge in [-0.2, -0.15) is 10.4 Å². The third-order valence-electron chi connectivity index (χ3n) is 3.86. The number of aryl methyl sites for hydroxylation is 2. The van der Waals surface area contributed by atoms with E-state index in [1.807, 2.05) is 31.2 Å². The highest BCUT2D eigenvalue weighted by molar-refractivity contribution is 6.14. The zero-order valence-corrected chi connectivity index (χ0v) is 12.9. The van der Waals surface area contributed by atoms with Gasteiger partial charge in [0.25, 0.3) is 0 Å². The molecule has 0 aliphatic heterocycles. The average molecular weight is 305 g/mol. The van der Waals surface area contributed by atoms with Gasteiger partial charge in [-0.3, -0.25) is 4.79 Å². The molecule has 1 aromatic carbocycles. The third-order valence-corrected chi connectivity index (χ3v) is 3.86. The lowest BCUT2D eigenvalue weighted by Crippen LogP contribution is -2.05. The average Bonchev–Trinajstić information content (AvgIpc) is 2.95. The number of carbonyl (C=O) groups is 1. The van der Waals surface area contributed by atoms with Gasteiger partial charge in [0, 0.05) is 11.8 Å². The highest BCUT2D eigenvalue weighted by Crippen LogP contribution is 2.26. The lowest BCUT2D eigenvalue weighted by atomic mass is 9.97. The van der Waals surface area contributed by atoms with Crippen molar-refractivity contribution in [3.63, 3.8) is 0 Å². The second kappa shape index (κ2) is 5.58. The molecule has 0 amide bonds.